The van der Waals surface area contributed by atoms with Crippen LogP contribution in [0.1, 0.15) is 81.0 Å². The zero-order valence-corrected chi connectivity index (χ0v) is 22.9. The van der Waals surface area contributed by atoms with Crippen LogP contribution in [-0.4, -0.2) is 26.4 Å². The van der Waals surface area contributed by atoms with E-state index in [1.165, 1.54) is 25.5 Å². The number of aryl methyl sites for hydroxylation is 1. The number of carbonyl (C=O) groups excluding carboxylic acids is 1. The fourth-order valence-electron chi connectivity index (χ4n) is 3.65. The fraction of sp³-hybridized carbons (Fsp3) is 0.500. The number of furan rings is 1. The zero-order valence-electron chi connectivity index (χ0n) is 21.9. The SMILES string of the molecule is COC(=O)c1ccc(-c2cnc(C(CCCCCCc3ccccc3)O[Si](C)(C)C(C)(C)C)o2)o1. The minimum Gasteiger partial charge on any atom is -0.463 e. The van der Waals surface area contributed by atoms with Crippen molar-refractivity contribution in [2.75, 3.05) is 7.11 Å². The number of aromatic nitrogens is 1. The molecule has 0 N–H and O–H groups in total. The second kappa shape index (κ2) is 11.9. The molecule has 35 heavy (non-hydrogen) atoms. The van der Waals surface area contributed by atoms with Crippen molar-refractivity contribution in [2.24, 2.45) is 0 Å². The standard InChI is InChI=1S/C28H39NO5Si/c1-28(2,3)35(5,6)34-23(17-13-8-7-10-14-21-15-11-9-12-16-21)26-29-20-25(33-26)22-18-19-24(32-22)27(30)31-4/h9,11-12,15-16,18-20,23H,7-8,10,13-14,17H2,1-6H3. The molecule has 190 valence electrons. The van der Waals surface area contributed by atoms with Gasteiger partial charge in [-0.2, -0.15) is 0 Å². The van der Waals surface area contributed by atoms with Crippen molar-refractivity contribution < 1.29 is 22.8 Å². The minimum absolute atomic E-state index is 0.0762. The highest BCUT2D eigenvalue weighted by molar-refractivity contribution is 6.74. The van der Waals surface area contributed by atoms with E-state index in [1.54, 1.807) is 18.3 Å². The van der Waals surface area contributed by atoms with E-state index in [2.05, 4.69) is 69.2 Å². The maximum Gasteiger partial charge on any atom is 0.373 e. The Kier molecular flexibility index (Phi) is 9.13. The van der Waals surface area contributed by atoms with Crippen molar-refractivity contribution in [3.05, 3.63) is 65.9 Å². The maximum absolute atomic E-state index is 11.7. The summed E-state index contributed by atoms with van der Waals surface area (Å²) in [5, 5.41) is 0.0762. The Bertz CT molecular complexity index is 1060. The first kappa shape index (κ1) is 27.0. The van der Waals surface area contributed by atoms with Gasteiger partial charge < -0.3 is 18.0 Å². The number of oxazole rings is 1. The summed E-state index contributed by atoms with van der Waals surface area (Å²) >= 11 is 0. The Labute approximate surface area is 210 Å². The highest BCUT2D eigenvalue weighted by Crippen LogP contribution is 2.41. The van der Waals surface area contributed by atoms with E-state index in [1.807, 2.05) is 0 Å². The Morgan fingerprint density at radius 3 is 2.37 bits per heavy atom. The lowest BCUT2D eigenvalue weighted by Gasteiger charge is -2.38. The first-order valence-electron chi connectivity index (χ1n) is 12.5. The van der Waals surface area contributed by atoms with Gasteiger partial charge in [0, 0.05) is 0 Å². The lowest BCUT2D eigenvalue weighted by molar-refractivity contribution is 0.0566. The van der Waals surface area contributed by atoms with E-state index in [9.17, 15) is 4.79 Å². The minimum atomic E-state index is -2.04. The molecule has 0 aliphatic heterocycles. The van der Waals surface area contributed by atoms with Gasteiger partial charge in [-0.1, -0.05) is 70.4 Å². The summed E-state index contributed by atoms with van der Waals surface area (Å²) in [5.41, 5.74) is 1.40. The van der Waals surface area contributed by atoms with Crippen LogP contribution in [-0.2, 0) is 15.6 Å². The molecule has 0 saturated carbocycles. The molecule has 0 radical (unpaired) electrons. The predicted molar refractivity (Wildman–Crippen MR) is 140 cm³/mol. The van der Waals surface area contributed by atoms with Gasteiger partial charge in [-0.3, -0.25) is 0 Å². The van der Waals surface area contributed by atoms with E-state index < -0.39 is 14.3 Å². The van der Waals surface area contributed by atoms with Crippen molar-refractivity contribution >= 4 is 14.3 Å². The van der Waals surface area contributed by atoms with Crippen LogP contribution in [0.25, 0.3) is 11.5 Å². The van der Waals surface area contributed by atoms with Crippen molar-refractivity contribution in [1.29, 1.82) is 0 Å². The number of ether oxygens (including phenoxy) is 1. The highest BCUT2D eigenvalue weighted by Gasteiger charge is 2.40. The van der Waals surface area contributed by atoms with Crippen LogP contribution in [0.2, 0.25) is 18.1 Å². The van der Waals surface area contributed by atoms with Gasteiger partial charge in [0.05, 0.1) is 13.3 Å². The first-order valence-corrected chi connectivity index (χ1v) is 15.4. The molecule has 0 aliphatic rings. The topological polar surface area (TPSA) is 74.7 Å². The van der Waals surface area contributed by atoms with E-state index in [0.29, 0.717) is 17.4 Å². The van der Waals surface area contributed by atoms with E-state index in [0.717, 1.165) is 25.7 Å². The number of methoxy groups -OCH3 is 1. The van der Waals surface area contributed by atoms with Crippen LogP contribution in [0.15, 0.2) is 57.5 Å². The Balaban J connectivity index is 1.64. The molecule has 1 unspecified atom stereocenters. The summed E-state index contributed by atoms with van der Waals surface area (Å²) in [5.74, 6) is 1.08. The second-order valence-corrected chi connectivity index (χ2v) is 15.3. The van der Waals surface area contributed by atoms with Gasteiger partial charge in [0.25, 0.3) is 0 Å². The summed E-state index contributed by atoms with van der Waals surface area (Å²) in [6.07, 6.45) is 7.93. The van der Waals surface area contributed by atoms with Crippen molar-refractivity contribution in [2.45, 2.75) is 83.5 Å². The molecule has 0 fully saturated rings. The normalized spacial score (nSPS) is 13.1. The van der Waals surface area contributed by atoms with Crippen molar-refractivity contribution in [3.63, 3.8) is 0 Å². The van der Waals surface area contributed by atoms with Crippen LogP contribution in [0.5, 0.6) is 0 Å². The molecule has 1 atom stereocenters. The average molecular weight is 498 g/mol. The molecule has 2 heterocycles. The average Bonchev–Trinajstić information content (AvgIpc) is 3.50. The van der Waals surface area contributed by atoms with E-state index in [4.69, 9.17) is 18.0 Å². The van der Waals surface area contributed by atoms with Crippen molar-refractivity contribution in [3.8, 4) is 11.5 Å². The Morgan fingerprint density at radius 2 is 1.69 bits per heavy atom. The highest BCUT2D eigenvalue weighted by atomic mass is 28.4. The van der Waals surface area contributed by atoms with E-state index >= 15 is 0 Å². The van der Waals surface area contributed by atoms with Crippen LogP contribution in [0, 0.1) is 0 Å². The lowest BCUT2D eigenvalue weighted by Crippen LogP contribution is -2.41. The van der Waals surface area contributed by atoms with Gasteiger partial charge in [-0.05, 0) is 55.1 Å². The molecule has 0 saturated heterocycles. The number of unbranched alkanes of at least 4 members (excludes halogenated alkanes) is 3. The Morgan fingerprint density at radius 1 is 0.971 bits per heavy atom. The molecule has 3 rings (SSSR count). The molecule has 0 spiro atoms. The predicted octanol–water partition coefficient (Wildman–Crippen LogP) is 7.98. The van der Waals surface area contributed by atoms with Crippen LogP contribution in [0.3, 0.4) is 0 Å². The monoisotopic (exact) mass is 497 g/mol. The molecule has 0 amide bonds. The first-order chi connectivity index (χ1) is 16.6. The van der Waals surface area contributed by atoms with Gasteiger partial charge in [-0.25, -0.2) is 9.78 Å². The molecule has 3 aromatic rings. The van der Waals surface area contributed by atoms with Gasteiger partial charge in [-0.15, -0.1) is 0 Å². The third-order valence-corrected chi connectivity index (χ3v) is 11.3. The third kappa shape index (κ3) is 7.42. The van der Waals surface area contributed by atoms with Crippen LogP contribution in [0.4, 0.5) is 0 Å². The number of nitrogens with zero attached hydrogens (tertiary/aromatic N) is 1. The number of carbonyl (C=O) groups is 1. The number of esters is 1. The van der Waals surface area contributed by atoms with Crippen LogP contribution >= 0.6 is 0 Å². The quantitative estimate of drug-likeness (QED) is 0.143. The Hall–Kier alpha value is -2.64. The summed E-state index contributed by atoms with van der Waals surface area (Å²) in [4.78, 5) is 16.3. The molecule has 6 nitrogen and oxygen atoms in total. The summed E-state index contributed by atoms with van der Waals surface area (Å²) in [7, 11) is -0.720. The smallest absolute Gasteiger partial charge is 0.373 e. The second-order valence-electron chi connectivity index (χ2n) is 10.5. The van der Waals surface area contributed by atoms with Crippen LogP contribution < -0.4 is 0 Å². The molecule has 7 heteroatoms. The molecule has 2 aromatic heterocycles. The van der Waals surface area contributed by atoms with Gasteiger partial charge >= 0.3 is 5.97 Å². The maximum atomic E-state index is 11.7. The molecular formula is C28H39NO5Si. The van der Waals surface area contributed by atoms with Crippen molar-refractivity contribution in [1.82, 2.24) is 4.98 Å². The van der Waals surface area contributed by atoms with Gasteiger partial charge in [0.2, 0.25) is 11.7 Å². The zero-order chi connectivity index (χ0) is 25.5. The number of hydrogen-bond donors (Lipinski definition) is 0. The fourth-order valence-corrected chi connectivity index (χ4v) is 4.94. The third-order valence-electron chi connectivity index (χ3n) is 6.80. The van der Waals surface area contributed by atoms with E-state index in [-0.39, 0.29) is 16.9 Å². The number of hydrogen-bond acceptors (Lipinski definition) is 6. The largest absolute Gasteiger partial charge is 0.463 e. The lowest BCUT2D eigenvalue weighted by atomic mass is 10.0. The molecule has 0 aliphatic carbocycles. The number of rotatable bonds is 12. The van der Waals surface area contributed by atoms with Gasteiger partial charge in [0.1, 0.15) is 6.10 Å². The van der Waals surface area contributed by atoms with Gasteiger partial charge in [0.15, 0.2) is 19.8 Å². The summed E-state index contributed by atoms with van der Waals surface area (Å²) in [6, 6.07) is 13.9. The number of benzene rings is 1. The summed E-state index contributed by atoms with van der Waals surface area (Å²) < 4.78 is 23.2. The summed E-state index contributed by atoms with van der Waals surface area (Å²) in [6.45, 7) is 11.2. The molecule has 1 aromatic carbocycles. The molecule has 0 bridgehead atoms. The molecular weight excluding hydrogens is 458 g/mol.